The Labute approximate surface area is 108 Å². The Morgan fingerprint density at radius 3 is 2.69 bits per heavy atom. The molecule has 0 atom stereocenters. The lowest BCUT2D eigenvalue weighted by atomic mass is 10.2. The van der Waals surface area contributed by atoms with Gasteiger partial charge in [0.25, 0.3) is 5.91 Å². The van der Waals surface area contributed by atoms with Gasteiger partial charge < -0.3 is 15.5 Å². The lowest BCUT2D eigenvalue weighted by Crippen LogP contribution is -2.24. The number of aromatic hydroxyl groups is 2. The Morgan fingerprint density at radius 2 is 2.06 bits per heavy atom. The molecule has 88 valence electrons. The quantitative estimate of drug-likeness (QED) is 0.438. The zero-order valence-electron chi connectivity index (χ0n) is 8.74. The van der Waals surface area contributed by atoms with Crippen LogP contribution in [0, 0.1) is 0 Å². The Balaban J connectivity index is 2.53. The van der Waals surface area contributed by atoms with Crippen LogP contribution in [0.4, 0.5) is 0 Å². The van der Waals surface area contributed by atoms with Gasteiger partial charge in [-0.2, -0.15) is 0 Å². The van der Waals surface area contributed by atoms with E-state index in [1.165, 1.54) is 12.1 Å². The molecule has 0 saturated carbocycles. The van der Waals surface area contributed by atoms with E-state index >= 15 is 0 Å². The molecule has 0 bridgehead atoms. The van der Waals surface area contributed by atoms with Crippen molar-refractivity contribution in [2.45, 2.75) is 12.8 Å². The Bertz CT molecular complexity index is 368. The lowest BCUT2D eigenvalue weighted by molar-refractivity contribution is 0.0950. The number of carbonyl (C=O) groups is 1. The molecular weight excluding hydrogens is 321 g/mol. The molecule has 0 radical (unpaired) electrons. The van der Waals surface area contributed by atoms with Gasteiger partial charge in [-0.3, -0.25) is 4.79 Å². The highest BCUT2D eigenvalue weighted by Gasteiger charge is 2.10. The molecule has 0 unspecified atom stereocenters. The maximum Gasteiger partial charge on any atom is 0.255 e. The smallest absolute Gasteiger partial charge is 0.255 e. The second-order valence-electron chi connectivity index (χ2n) is 3.35. The zero-order valence-corrected chi connectivity index (χ0v) is 10.9. The molecule has 0 aliphatic rings. The van der Waals surface area contributed by atoms with Crippen LogP contribution in [0.25, 0.3) is 0 Å². The highest BCUT2D eigenvalue weighted by Crippen LogP contribution is 2.22. The van der Waals surface area contributed by atoms with Gasteiger partial charge in [-0.1, -0.05) is 22.6 Å². The van der Waals surface area contributed by atoms with Crippen LogP contribution in [-0.2, 0) is 0 Å². The number of benzene rings is 1. The zero-order chi connectivity index (χ0) is 12.0. The summed E-state index contributed by atoms with van der Waals surface area (Å²) in [5, 5.41) is 21.2. The Morgan fingerprint density at radius 1 is 1.31 bits per heavy atom. The molecule has 16 heavy (non-hydrogen) atoms. The summed E-state index contributed by atoms with van der Waals surface area (Å²) in [6.07, 6.45) is 1.98. The van der Waals surface area contributed by atoms with Gasteiger partial charge in [-0.05, 0) is 29.4 Å². The van der Waals surface area contributed by atoms with Gasteiger partial charge in [0.05, 0.1) is 5.56 Å². The average Bonchev–Trinajstić information content (AvgIpc) is 2.24. The SMILES string of the molecule is O=C(NCCCCI)c1ccc(O)cc1O. The van der Waals surface area contributed by atoms with Crippen molar-refractivity contribution in [3.63, 3.8) is 0 Å². The van der Waals surface area contributed by atoms with Crippen LogP contribution in [0.1, 0.15) is 23.2 Å². The normalized spacial score (nSPS) is 10.1. The first-order valence-corrected chi connectivity index (χ1v) is 6.54. The Kier molecular flexibility index (Phi) is 5.37. The van der Waals surface area contributed by atoms with Gasteiger partial charge in [-0.15, -0.1) is 0 Å². The first kappa shape index (κ1) is 13.1. The number of phenolic OH excluding ortho intramolecular Hbond substituents is 2. The number of alkyl halides is 1. The van der Waals surface area contributed by atoms with E-state index in [0.29, 0.717) is 6.54 Å². The number of hydrogen-bond acceptors (Lipinski definition) is 3. The summed E-state index contributed by atoms with van der Waals surface area (Å²) in [4.78, 5) is 11.6. The van der Waals surface area contributed by atoms with Crippen LogP contribution in [0.2, 0.25) is 0 Å². The van der Waals surface area contributed by atoms with Crippen LogP contribution in [0.3, 0.4) is 0 Å². The number of rotatable bonds is 5. The first-order valence-electron chi connectivity index (χ1n) is 5.01. The monoisotopic (exact) mass is 335 g/mol. The molecule has 1 amide bonds. The minimum Gasteiger partial charge on any atom is -0.508 e. The Hall–Kier alpha value is -0.980. The fourth-order valence-corrected chi connectivity index (χ4v) is 1.77. The summed E-state index contributed by atoms with van der Waals surface area (Å²) in [6.45, 7) is 0.599. The topological polar surface area (TPSA) is 69.6 Å². The standard InChI is InChI=1S/C11H14INO3/c12-5-1-2-6-13-11(16)9-4-3-8(14)7-10(9)15/h3-4,7,14-15H,1-2,5-6H2,(H,13,16). The van der Waals surface area contributed by atoms with Crippen molar-refractivity contribution in [3.05, 3.63) is 23.8 Å². The van der Waals surface area contributed by atoms with Gasteiger partial charge in [0, 0.05) is 12.6 Å². The van der Waals surface area contributed by atoms with Crippen molar-refractivity contribution >= 4 is 28.5 Å². The molecule has 3 N–H and O–H groups in total. The highest BCUT2D eigenvalue weighted by atomic mass is 127. The van der Waals surface area contributed by atoms with Gasteiger partial charge in [0.15, 0.2) is 0 Å². The van der Waals surface area contributed by atoms with Crippen molar-refractivity contribution in [1.29, 1.82) is 0 Å². The summed E-state index contributed by atoms with van der Waals surface area (Å²) in [6, 6.07) is 3.93. The van der Waals surface area contributed by atoms with Gasteiger partial charge in [0.2, 0.25) is 0 Å². The van der Waals surface area contributed by atoms with E-state index in [2.05, 4.69) is 27.9 Å². The maximum absolute atomic E-state index is 11.6. The molecule has 0 heterocycles. The fourth-order valence-electron chi connectivity index (χ4n) is 1.23. The van der Waals surface area contributed by atoms with Gasteiger partial charge >= 0.3 is 0 Å². The van der Waals surface area contributed by atoms with Crippen LogP contribution in [-0.4, -0.2) is 27.1 Å². The van der Waals surface area contributed by atoms with Crippen LogP contribution >= 0.6 is 22.6 Å². The molecule has 1 rings (SSSR count). The molecule has 4 nitrogen and oxygen atoms in total. The molecule has 0 spiro atoms. The van der Waals surface area contributed by atoms with E-state index < -0.39 is 0 Å². The van der Waals surface area contributed by atoms with E-state index in [-0.39, 0.29) is 23.0 Å². The van der Waals surface area contributed by atoms with Crippen molar-refractivity contribution < 1.29 is 15.0 Å². The number of nitrogens with one attached hydrogen (secondary N) is 1. The third-order valence-electron chi connectivity index (χ3n) is 2.07. The predicted molar refractivity (Wildman–Crippen MR) is 70.2 cm³/mol. The third kappa shape index (κ3) is 3.88. The average molecular weight is 335 g/mol. The largest absolute Gasteiger partial charge is 0.508 e. The van der Waals surface area contributed by atoms with Gasteiger partial charge in [0.1, 0.15) is 11.5 Å². The fraction of sp³-hybridized carbons (Fsp3) is 0.364. The van der Waals surface area contributed by atoms with Crippen molar-refractivity contribution in [2.75, 3.05) is 11.0 Å². The molecule has 0 fully saturated rings. The molecule has 0 aromatic heterocycles. The second-order valence-corrected chi connectivity index (χ2v) is 4.43. The molecule has 1 aromatic carbocycles. The highest BCUT2D eigenvalue weighted by molar-refractivity contribution is 14.1. The number of amides is 1. The van der Waals surface area contributed by atoms with E-state index in [9.17, 15) is 9.90 Å². The van der Waals surface area contributed by atoms with Crippen LogP contribution in [0.15, 0.2) is 18.2 Å². The molecule has 1 aromatic rings. The molecule has 5 heteroatoms. The van der Waals surface area contributed by atoms with Crippen LogP contribution in [0.5, 0.6) is 11.5 Å². The van der Waals surface area contributed by atoms with E-state index in [0.717, 1.165) is 23.3 Å². The van der Waals surface area contributed by atoms with Crippen molar-refractivity contribution in [2.24, 2.45) is 0 Å². The van der Waals surface area contributed by atoms with Crippen LogP contribution < -0.4 is 5.32 Å². The summed E-state index contributed by atoms with van der Waals surface area (Å²) in [5.74, 6) is -0.573. The maximum atomic E-state index is 11.6. The summed E-state index contributed by atoms with van der Waals surface area (Å²) in [5.41, 5.74) is 0.187. The second kappa shape index (κ2) is 6.57. The number of hydrogen-bond donors (Lipinski definition) is 3. The predicted octanol–water partition coefficient (Wildman–Crippen LogP) is 2.04. The molecule has 0 saturated heterocycles. The summed E-state index contributed by atoms with van der Waals surface area (Å²) < 4.78 is 1.07. The number of halogens is 1. The van der Waals surface area contributed by atoms with Crippen molar-refractivity contribution in [3.8, 4) is 11.5 Å². The summed E-state index contributed by atoms with van der Waals surface area (Å²) in [7, 11) is 0. The molecular formula is C11H14INO3. The summed E-state index contributed by atoms with van der Waals surface area (Å²) >= 11 is 2.28. The van der Waals surface area contributed by atoms with E-state index in [1.54, 1.807) is 0 Å². The molecule has 0 aliphatic heterocycles. The third-order valence-corrected chi connectivity index (χ3v) is 2.83. The number of carbonyl (C=O) groups excluding carboxylic acids is 1. The minimum absolute atomic E-state index is 0.0565. The molecule has 0 aliphatic carbocycles. The number of phenols is 2. The number of unbranched alkanes of at least 4 members (excludes halogenated alkanes) is 1. The minimum atomic E-state index is -0.314. The lowest BCUT2D eigenvalue weighted by Gasteiger charge is -2.06. The van der Waals surface area contributed by atoms with E-state index in [4.69, 9.17) is 5.11 Å². The first-order chi connectivity index (χ1) is 7.65. The van der Waals surface area contributed by atoms with E-state index in [1.807, 2.05) is 0 Å². The van der Waals surface area contributed by atoms with Gasteiger partial charge in [-0.25, -0.2) is 0 Å². The van der Waals surface area contributed by atoms with Crippen molar-refractivity contribution in [1.82, 2.24) is 5.32 Å².